The lowest BCUT2D eigenvalue weighted by Gasteiger charge is -2.15. The third-order valence-electron chi connectivity index (χ3n) is 3.55. The zero-order valence-corrected chi connectivity index (χ0v) is 15.0. The molecule has 0 atom stereocenters. The highest BCUT2D eigenvalue weighted by molar-refractivity contribution is 6.30. The molecule has 0 aliphatic rings. The lowest BCUT2D eigenvalue weighted by atomic mass is 10.1. The third-order valence-corrected chi connectivity index (χ3v) is 3.85. The molecule has 0 spiro atoms. The first kappa shape index (κ1) is 20.4. The molecule has 7 nitrogen and oxygen atoms in total. The van der Waals surface area contributed by atoms with E-state index in [1.165, 1.54) is 13.1 Å². The van der Waals surface area contributed by atoms with Gasteiger partial charge in [0.1, 0.15) is 0 Å². The van der Waals surface area contributed by atoms with Crippen molar-refractivity contribution < 1.29 is 22.8 Å². The van der Waals surface area contributed by atoms with Crippen LogP contribution < -0.4 is 16.4 Å². The summed E-state index contributed by atoms with van der Waals surface area (Å²) in [6, 6.07) is 2.95. The van der Waals surface area contributed by atoms with Crippen molar-refractivity contribution in [2.24, 2.45) is 5.73 Å². The first-order chi connectivity index (χ1) is 12.6. The van der Waals surface area contributed by atoms with E-state index in [0.29, 0.717) is 12.1 Å². The lowest BCUT2D eigenvalue weighted by Crippen LogP contribution is -2.23. The Morgan fingerprint density at radius 2 is 1.93 bits per heavy atom. The van der Waals surface area contributed by atoms with Crippen LogP contribution in [0.25, 0.3) is 0 Å². The predicted molar refractivity (Wildman–Crippen MR) is 93.1 cm³/mol. The number of benzene rings is 1. The molecular formula is C16H15ClF3N5O2. The summed E-state index contributed by atoms with van der Waals surface area (Å²) in [6.07, 6.45) is -4.40. The van der Waals surface area contributed by atoms with Gasteiger partial charge < -0.3 is 16.4 Å². The Morgan fingerprint density at radius 3 is 2.44 bits per heavy atom. The van der Waals surface area contributed by atoms with Crippen molar-refractivity contribution in [3.63, 3.8) is 0 Å². The van der Waals surface area contributed by atoms with E-state index in [1.54, 1.807) is 6.92 Å². The number of hydrogen-bond acceptors (Lipinski definition) is 5. The fourth-order valence-electron chi connectivity index (χ4n) is 2.26. The van der Waals surface area contributed by atoms with Crippen LogP contribution in [0.2, 0.25) is 5.15 Å². The highest BCUT2D eigenvalue weighted by Crippen LogP contribution is 2.34. The molecule has 2 aromatic rings. The summed E-state index contributed by atoms with van der Waals surface area (Å²) in [7, 11) is 1.22. The summed E-state index contributed by atoms with van der Waals surface area (Å²) in [5.41, 5.74) is 3.55. The minimum atomic E-state index is -4.78. The van der Waals surface area contributed by atoms with Gasteiger partial charge in [-0.3, -0.25) is 9.59 Å². The molecule has 0 radical (unpaired) electrons. The molecule has 1 aromatic carbocycles. The Bertz CT molecular complexity index is 902. The molecule has 4 N–H and O–H groups in total. The number of primary amides is 1. The van der Waals surface area contributed by atoms with Gasteiger partial charge in [0.15, 0.2) is 16.7 Å². The number of anilines is 2. The van der Waals surface area contributed by atoms with Crippen molar-refractivity contribution in [2.45, 2.75) is 19.5 Å². The van der Waals surface area contributed by atoms with Crippen molar-refractivity contribution in [3.05, 3.63) is 45.9 Å². The molecule has 0 saturated carbocycles. The number of nitrogens with zero attached hydrogens (tertiary/aromatic N) is 2. The van der Waals surface area contributed by atoms with Crippen molar-refractivity contribution in [3.8, 4) is 0 Å². The quantitative estimate of drug-likeness (QED) is 0.713. The van der Waals surface area contributed by atoms with Gasteiger partial charge in [-0.25, -0.2) is 9.97 Å². The van der Waals surface area contributed by atoms with Gasteiger partial charge in [-0.1, -0.05) is 18.5 Å². The van der Waals surface area contributed by atoms with E-state index in [9.17, 15) is 22.8 Å². The Hall–Kier alpha value is -2.88. The van der Waals surface area contributed by atoms with Crippen LogP contribution in [-0.4, -0.2) is 28.8 Å². The number of alkyl halides is 3. The van der Waals surface area contributed by atoms with Gasteiger partial charge in [-0.05, 0) is 24.6 Å². The molecule has 0 aliphatic carbocycles. The summed E-state index contributed by atoms with van der Waals surface area (Å²) in [5.74, 6) is -2.00. The Morgan fingerprint density at radius 1 is 1.26 bits per heavy atom. The van der Waals surface area contributed by atoms with E-state index in [2.05, 4.69) is 20.6 Å². The SMILES string of the molecule is CCc1nc(C(N)=O)c(Nc2ccc(C(=O)NC)c(C(F)(F)F)c2)nc1Cl. The highest BCUT2D eigenvalue weighted by Gasteiger charge is 2.35. The van der Waals surface area contributed by atoms with Crippen molar-refractivity contribution in [1.29, 1.82) is 0 Å². The van der Waals surface area contributed by atoms with Crippen molar-refractivity contribution >= 4 is 34.9 Å². The largest absolute Gasteiger partial charge is 0.417 e. The maximum absolute atomic E-state index is 13.3. The zero-order valence-electron chi connectivity index (χ0n) is 14.2. The van der Waals surface area contributed by atoms with Gasteiger partial charge in [0.25, 0.3) is 11.8 Å². The van der Waals surface area contributed by atoms with Crippen LogP contribution in [0.1, 0.15) is 39.0 Å². The average Bonchev–Trinajstić information content (AvgIpc) is 2.60. The molecule has 27 heavy (non-hydrogen) atoms. The molecular weight excluding hydrogens is 387 g/mol. The van der Waals surface area contributed by atoms with Crippen molar-refractivity contribution in [1.82, 2.24) is 15.3 Å². The van der Waals surface area contributed by atoms with Gasteiger partial charge in [-0.2, -0.15) is 13.2 Å². The summed E-state index contributed by atoms with van der Waals surface area (Å²) >= 11 is 5.96. The monoisotopic (exact) mass is 401 g/mol. The first-order valence-electron chi connectivity index (χ1n) is 7.65. The van der Waals surface area contributed by atoms with Crippen LogP contribution in [0.15, 0.2) is 18.2 Å². The fourth-order valence-corrected chi connectivity index (χ4v) is 2.52. The summed E-state index contributed by atoms with van der Waals surface area (Å²) in [6.45, 7) is 1.74. The second kappa shape index (κ2) is 7.78. The summed E-state index contributed by atoms with van der Waals surface area (Å²) < 4.78 is 39.9. The van der Waals surface area contributed by atoms with Gasteiger partial charge in [0, 0.05) is 12.7 Å². The molecule has 1 aromatic heterocycles. The molecule has 2 amide bonds. The third kappa shape index (κ3) is 4.45. The molecule has 2 rings (SSSR count). The van der Waals surface area contributed by atoms with Crippen LogP contribution in [0.5, 0.6) is 0 Å². The number of nitrogens with two attached hydrogens (primary N) is 1. The van der Waals surface area contributed by atoms with Crippen LogP contribution >= 0.6 is 11.6 Å². The number of carbonyl (C=O) groups excluding carboxylic acids is 2. The zero-order chi connectivity index (χ0) is 20.4. The lowest BCUT2D eigenvalue weighted by molar-refractivity contribution is -0.137. The van der Waals surface area contributed by atoms with Gasteiger partial charge in [0.2, 0.25) is 0 Å². The van der Waals surface area contributed by atoms with Gasteiger partial charge in [-0.15, -0.1) is 0 Å². The standard InChI is InChI=1S/C16H15ClF3N5O2/c1-3-10-12(17)25-14(11(24-10)13(21)26)23-7-4-5-8(15(27)22-2)9(6-7)16(18,19)20/h4-6H,3H2,1-2H3,(H2,21,26)(H,22,27)(H,23,25). The van der Waals surface area contributed by atoms with E-state index in [1.807, 2.05) is 0 Å². The van der Waals surface area contributed by atoms with Crippen LogP contribution in [0.3, 0.4) is 0 Å². The van der Waals surface area contributed by atoms with E-state index in [4.69, 9.17) is 17.3 Å². The van der Waals surface area contributed by atoms with Crippen LogP contribution in [0.4, 0.5) is 24.7 Å². The fraction of sp³-hybridized carbons (Fsp3) is 0.250. The molecule has 0 unspecified atom stereocenters. The molecule has 144 valence electrons. The van der Waals surface area contributed by atoms with Crippen LogP contribution in [-0.2, 0) is 12.6 Å². The van der Waals surface area contributed by atoms with E-state index in [0.717, 1.165) is 12.1 Å². The van der Waals surface area contributed by atoms with E-state index in [-0.39, 0.29) is 22.4 Å². The molecule has 0 saturated heterocycles. The second-order valence-corrected chi connectivity index (χ2v) is 5.70. The molecule has 0 aliphatic heterocycles. The summed E-state index contributed by atoms with van der Waals surface area (Å²) in [5, 5.41) is 4.69. The van der Waals surface area contributed by atoms with Crippen LogP contribution in [0, 0.1) is 0 Å². The number of carbonyl (C=O) groups is 2. The Labute approximate surface area is 157 Å². The number of aromatic nitrogens is 2. The average molecular weight is 402 g/mol. The second-order valence-electron chi connectivity index (χ2n) is 5.34. The Balaban J connectivity index is 2.54. The number of amides is 2. The smallest absolute Gasteiger partial charge is 0.364 e. The maximum atomic E-state index is 13.3. The molecule has 0 fully saturated rings. The maximum Gasteiger partial charge on any atom is 0.417 e. The molecule has 11 heteroatoms. The van der Waals surface area contributed by atoms with Gasteiger partial charge >= 0.3 is 6.18 Å². The van der Waals surface area contributed by atoms with Crippen molar-refractivity contribution in [2.75, 3.05) is 12.4 Å². The number of rotatable bonds is 5. The summed E-state index contributed by atoms with van der Waals surface area (Å²) in [4.78, 5) is 31.2. The van der Waals surface area contributed by atoms with E-state index >= 15 is 0 Å². The highest BCUT2D eigenvalue weighted by atomic mass is 35.5. The minimum absolute atomic E-state index is 0.0111. The number of halogens is 4. The normalized spacial score (nSPS) is 11.2. The number of hydrogen-bond donors (Lipinski definition) is 3. The number of aryl methyl sites for hydroxylation is 1. The minimum Gasteiger partial charge on any atom is -0.364 e. The predicted octanol–water partition coefficient (Wildman–Crippen LogP) is 2.91. The molecule has 0 bridgehead atoms. The van der Waals surface area contributed by atoms with E-state index < -0.39 is 29.1 Å². The number of nitrogens with one attached hydrogen (secondary N) is 2. The molecule has 1 heterocycles. The van der Waals surface area contributed by atoms with Gasteiger partial charge in [0.05, 0.1) is 16.8 Å². The first-order valence-corrected chi connectivity index (χ1v) is 8.02. The Kier molecular flexibility index (Phi) is 5.89. The topological polar surface area (TPSA) is 110 Å².